The summed E-state index contributed by atoms with van der Waals surface area (Å²) in [4.78, 5) is 23.9. The molecule has 3 aromatic carbocycles. The molecule has 3 rings (SSSR count). The van der Waals surface area contributed by atoms with Crippen molar-refractivity contribution < 1.29 is 14.3 Å². The van der Waals surface area contributed by atoms with E-state index in [1.807, 2.05) is 48.5 Å². The molecule has 142 valence electrons. The van der Waals surface area contributed by atoms with Gasteiger partial charge in [-0.3, -0.25) is 20.4 Å². The van der Waals surface area contributed by atoms with Crippen LogP contribution in [0.3, 0.4) is 0 Å². The monoisotopic (exact) mass is 394 g/mol. The minimum Gasteiger partial charge on any atom is -0.483 e. The van der Waals surface area contributed by atoms with Crippen LogP contribution in [-0.4, -0.2) is 18.4 Å². The number of rotatable bonds is 6. The van der Waals surface area contributed by atoms with Crippen molar-refractivity contribution in [2.45, 2.75) is 6.42 Å². The lowest BCUT2D eigenvalue weighted by Crippen LogP contribution is -2.44. The minimum atomic E-state index is -0.452. The molecule has 0 fully saturated rings. The van der Waals surface area contributed by atoms with Crippen LogP contribution in [0.2, 0.25) is 5.02 Å². The molecule has 2 amide bonds. The van der Waals surface area contributed by atoms with Gasteiger partial charge in [0.05, 0.1) is 6.42 Å². The highest BCUT2D eigenvalue weighted by atomic mass is 35.5. The summed E-state index contributed by atoms with van der Waals surface area (Å²) < 4.78 is 5.64. The standard InChI is InChI=1S/C22H19ClN2O3/c23-18-12-10-16(11-13-18)14-21(26)24-25-22(27)15-28-20-9-5-4-8-19(20)17-6-2-1-3-7-17/h1-13H,14-15H2,(H,24,26)(H,25,27). The molecule has 5 nitrogen and oxygen atoms in total. The summed E-state index contributed by atoms with van der Waals surface area (Å²) in [5.41, 5.74) is 7.41. The third-order valence-electron chi connectivity index (χ3n) is 3.95. The Bertz CT molecular complexity index is 944. The average molecular weight is 395 g/mol. The van der Waals surface area contributed by atoms with Crippen molar-refractivity contribution in [2.75, 3.05) is 6.61 Å². The molecular formula is C22H19ClN2O3. The summed E-state index contributed by atoms with van der Waals surface area (Å²) in [6.45, 7) is -0.217. The number of carbonyl (C=O) groups excluding carboxylic acids is 2. The fourth-order valence-corrected chi connectivity index (χ4v) is 2.73. The molecule has 0 saturated carbocycles. The molecule has 0 atom stereocenters. The van der Waals surface area contributed by atoms with Crippen molar-refractivity contribution in [1.29, 1.82) is 0 Å². The predicted octanol–water partition coefficient (Wildman–Crippen LogP) is 3.78. The van der Waals surface area contributed by atoms with Gasteiger partial charge in [-0.15, -0.1) is 0 Å². The van der Waals surface area contributed by atoms with Crippen LogP contribution in [0.4, 0.5) is 0 Å². The minimum absolute atomic E-state index is 0.134. The molecule has 28 heavy (non-hydrogen) atoms. The fraction of sp³-hybridized carbons (Fsp3) is 0.0909. The van der Waals surface area contributed by atoms with Gasteiger partial charge in [0.25, 0.3) is 5.91 Å². The highest BCUT2D eigenvalue weighted by Gasteiger charge is 2.09. The first-order valence-corrected chi connectivity index (χ1v) is 9.09. The average Bonchev–Trinajstić information content (AvgIpc) is 2.73. The summed E-state index contributed by atoms with van der Waals surface area (Å²) in [6, 6.07) is 24.2. The number of benzene rings is 3. The van der Waals surface area contributed by atoms with Crippen molar-refractivity contribution in [3.8, 4) is 16.9 Å². The fourth-order valence-electron chi connectivity index (χ4n) is 2.60. The van der Waals surface area contributed by atoms with E-state index in [2.05, 4.69) is 10.9 Å². The molecule has 0 aliphatic carbocycles. The Morgan fingerprint density at radius 2 is 1.43 bits per heavy atom. The number of para-hydroxylation sites is 1. The third kappa shape index (κ3) is 5.59. The highest BCUT2D eigenvalue weighted by molar-refractivity contribution is 6.30. The number of nitrogens with one attached hydrogen (secondary N) is 2. The van der Waals surface area contributed by atoms with Crippen molar-refractivity contribution in [1.82, 2.24) is 10.9 Å². The second kappa shape index (κ2) is 9.58. The number of ether oxygens (including phenoxy) is 1. The maximum Gasteiger partial charge on any atom is 0.276 e. The largest absolute Gasteiger partial charge is 0.483 e. The molecule has 2 N–H and O–H groups in total. The van der Waals surface area contributed by atoms with Gasteiger partial charge in [-0.2, -0.15) is 0 Å². The van der Waals surface area contributed by atoms with E-state index in [9.17, 15) is 9.59 Å². The van der Waals surface area contributed by atoms with Crippen LogP contribution in [0.25, 0.3) is 11.1 Å². The van der Waals surface area contributed by atoms with Crippen LogP contribution >= 0.6 is 11.6 Å². The Labute approximate surface area is 168 Å². The van der Waals surface area contributed by atoms with E-state index in [0.717, 1.165) is 16.7 Å². The Kier molecular flexibility index (Phi) is 6.65. The number of amides is 2. The van der Waals surface area contributed by atoms with E-state index in [-0.39, 0.29) is 18.9 Å². The SMILES string of the molecule is O=C(COc1ccccc1-c1ccccc1)NNC(=O)Cc1ccc(Cl)cc1. The number of hydrazine groups is 1. The van der Waals surface area contributed by atoms with Crippen molar-refractivity contribution in [3.63, 3.8) is 0 Å². The van der Waals surface area contributed by atoms with Gasteiger partial charge in [0.15, 0.2) is 6.61 Å². The van der Waals surface area contributed by atoms with Crippen LogP contribution < -0.4 is 15.6 Å². The van der Waals surface area contributed by atoms with E-state index in [4.69, 9.17) is 16.3 Å². The van der Waals surface area contributed by atoms with Gasteiger partial charge in [0, 0.05) is 10.6 Å². The van der Waals surface area contributed by atoms with Crippen LogP contribution in [0.5, 0.6) is 5.75 Å². The lowest BCUT2D eigenvalue weighted by atomic mass is 10.1. The zero-order valence-electron chi connectivity index (χ0n) is 15.0. The van der Waals surface area contributed by atoms with Crippen LogP contribution in [0.15, 0.2) is 78.9 Å². The molecular weight excluding hydrogens is 376 g/mol. The Morgan fingerprint density at radius 1 is 0.786 bits per heavy atom. The maximum atomic E-state index is 12.0. The molecule has 0 spiro atoms. The van der Waals surface area contributed by atoms with Crippen molar-refractivity contribution in [3.05, 3.63) is 89.4 Å². The predicted molar refractivity (Wildman–Crippen MR) is 109 cm³/mol. The summed E-state index contributed by atoms with van der Waals surface area (Å²) >= 11 is 5.81. The van der Waals surface area contributed by atoms with E-state index in [0.29, 0.717) is 10.8 Å². The van der Waals surface area contributed by atoms with Gasteiger partial charge in [-0.05, 0) is 29.3 Å². The second-order valence-corrected chi connectivity index (χ2v) is 6.49. The summed E-state index contributed by atoms with van der Waals surface area (Å²) in [5, 5.41) is 0.602. The molecule has 0 unspecified atom stereocenters. The lowest BCUT2D eigenvalue weighted by Gasteiger charge is -2.12. The van der Waals surface area contributed by atoms with Gasteiger partial charge in [0.1, 0.15) is 5.75 Å². The molecule has 6 heteroatoms. The van der Waals surface area contributed by atoms with Crippen molar-refractivity contribution in [2.24, 2.45) is 0 Å². The first-order chi connectivity index (χ1) is 13.6. The molecule has 0 aliphatic heterocycles. The van der Waals surface area contributed by atoms with Crippen LogP contribution in [0, 0.1) is 0 Å². The quantitative estimate of drug-likeness (QED) is 0.625. The molecule has 0 bridgehead atoms. The second-order valence-electron chi connectivity index (χ2n) is 6.05. The lowest BCUT2D eigenvalue weighted by molar-refractivity contribution is -0.129. The molecule has 3 aromatic rings. The smallest absolute Gasteiger partial charge is 0.276 e. The van der Waals surface area contributed by atoms with E-state index in [1.165, 1.54) is 0 Å². The van der Waals surface area contributed by atoms with Gasteiger partial charge < -0.3 is 4.74 Å². The Morgan fingerprint density at radius 3 is 2.18 bits per heavy atom. The normalized spacial score (nSPS) is 10.2. The molecule has 0 aliphatic rings. The van der Waals surface area contributed by atoms with E-state index in [1.54, 1.807) is 30.3 Å². The summed E-state index contributed by atoms with van der Waals surface area (Å²) in [7, 11) is 0. The van der Waals surface area contributed by atoms with Crippen LogP contribution in [0.1, 0.15) is 5.56 Å². The zero-order chi connectivity index (χ0) is 19.8. The van der Waals surface area contributed by atoms with Gasteiger partial charge >= 0.3 is 0 Å². The zero-order valence-corrected chi connectivity index (χ0v) is 15.8. The number of hydrogen-bond acceptors (Lipinski definition) is 3. The van der Waals surface area contributed by atoms with E-state index < -0.39 is 5.91 Å². The summed E-state index contributed by atoms with van der Waals surface area (Å²) in [6.07, 6.45) is 0.134. The highest BCUT2D eigenvalue weighted by Crippen LogP contribution is 2.29. The van der Waals surface area contributed by atoms with E-state index >= 15 is 0 Å². The molecule has 0 saturated heterocycles. The van der Waals surface area contributed by atoms with Gasteiger partial charge in [-0.25, -0.2) is 0 Å². The Balaban J connectivity index is 1.50. The number of hydrogen-bond donors (Lipinski definition) is 2. The van der Waals surface area contributed by atoms with Gasteiger partial charge in [-0.1, -0.05) is 72.3 Å². The topological polar surface area (TPSA) is 67.4 Å². The number of halogens is 1. The first kappa shape index (κ1) is 19.5. The van der Waals surface area contributed by atoms with Gasteiger partial charge in [0.2, 0.25) is 5.91 Å². The molecule has 0 heterocycles. The number of carbonyl (C=O) groups is 2. The van der Waals surface area contributed by atoms with Crippen LogP contribution in [-0.2, 0) is 16.0 Å². The third-order valence-corrected chi connectivity index (χ3v) is 4.20. The molecule has 0 aromatic heterocycles. The van der Waals surface area contributed by atoms with Crippen molar-refractivity contribution >= 4 is 23.4 Å². The first-order valence-electron chi connectivity index (χ1n) is 8.71. The molecule has 0 radical (unpaired) electrons. The summed E-state index contributed by atoms with van der Waals surface area (Å²) in [5.74, 6) is -0.191. The maximum absolute atomic E-state index is 12.0. The Hall–Kier alpha value is -3.31.